The van der Waals surface area contributed by atoms with Gasteiger partial charge in [0.15, 0.2) is 17.2 Å². The Hall–Kier alpha value is -4.33. The fraction of sp³-hybridized carbons (Fsp3) is 0.391. The minimum absolute atomic E-state index is 0.150. The summed E-state index contributed by atoms with van der Waals surface area (Å²) in [5, 5.41) is 43.3. The van der Waals surface area contributed by atoms with Crippen LogP contribution in [0.15, 0.2) is 18.3 Å². The molecule has 0 unspecified atom stereocenters. The van der Waals surface area contributed by atoms with Crippen LogP contribution in [-0.4, -0.2) is 69.2 Å². The number of nitriles is 2. The van der Waals surface area contributed by atoms with Gasteiger partial charge < -0.3 is 30.7 Å². The van der Waals surface area contributed by atoms with Crippen LogP contribution in [0.3, 0.4) is 0 Å². The van der Waals surface area contributed by atoms with Crippen LogP contribution in [0.2, 0.25) is 5.02 Å². The number of aromatic nitrogens is 4. The molecule has 1 saturated carbocycles. The highest BCUT2D eigenvalue weighted by Crippen LogP contribution is 2.37. The Morgan fingerprint density at radius 1 is 1.24 bits per heavy atom. The minimum Gasteiger partial charge on any atom is -0.453 e. The molecule has 14 heteroatoms. The Morgan fingerprint density at radius 3 is 2.76 bits per heavy atom. The molecule has 2 fully saturated rings. The number of hydrogen-bond donors (Lipinski definition) is 4. The van der Waals surface area contributed by atoms with Gasteiger partial charge in [-0.15, -0.1) is 5.10 Å². The summed E-state index contributed by atoms with van der Waals surface area (Å²) in [4.78, 5) is 22.3. The predicted octanol–water partition coefficient (Wildman–Crippen LogP) is 2.13. The number of aliphatic hydroxyl groups is 1. The third kappa shape index (κ3) is 5.14. The van der Waals surface area contributed by atoms with E-state index in [1.165, 1.54) is 17.8 Å². The number of imidazole rings is 1. The molecule has 190 valence electrons. The molecule has 1 amide bonds. The summed E-state index contributed by atoms with van der Waals surface area (Å²) >= 11 is 6.79. The lowest BCUT2D eigenvalue weighted by atomic mass is 10.0. The minimum atomic E-state index is -0.735. The summed E-state index contributed by atoms with van der Waals surface area (Å²) in [6.45, 7) is 0.602. The van der Waals surface area contributed by atoms with Gasteiger partial charge in [-0.2, -0.15) is 20.0 Å². The van der Waals surface area contributed by atoms with Gasteiger partial charge in [-0.25, -0.2) is 9.78 Å². The van der Waals surface area contributed by atoms with Gasteiger partial charge in [0.25, 0.3) is 0 Å². The highest BCUT2D eigenvalue weighted by atomic mass is 35.5. The van der Waals surface area contributed by atoms with Gasteiger partial charge in [-0.1, -0.05) is 11.6 Å². The Labute approximate surface area is 216 Å². The van der Waals surface area contributed by atoms with Crippen molar-refractivity contribution in [3.63, 3.8) is 0 Å². The van der Waals surface area contributed by atoms with E-state index in [0.717, 1.165) is 12.8 Å². The average Bonchev–Trinajstić information content (AvgIpc) is 3.60. The van der Waals surface area contributed by atoms with Gasteiger partial charge in [0.1, 0.15) is 6.07 Å². The van der Waals surface area contributed by atoms with Crippen molar-refractivity contribution in [2.24, 2.45) is 0 Å². The molecule has 0 bridgehead atoms. The van der Waals surface area contributed by atoms with Crippen molar-refractivity contribution in [1.82, 2.24) is 24.9 Å². The number of anilines is 4. The molecule has 0 radical (unpaired) electrons. The molecule has 2 atom stereocenters. The van der Waals surface area contributed by atoms with Crippen LogP contribution < -0.4 is 20.9 Å². The number of carbonyl (C=O) groups excluding carboxylic acids is 1. The number of benzene rings is 1. The zero-order chi connectivity index (χ0) is 26.1. The molecule has 2 aliphatic rings. The van der Waals surface area contributed by atoms with E-state index in [1.54, 1.807) is 17.0 Å². The second kappa shape index (κ2) is 9.97. The van der Waals surface area contributed by atoms with E-state index in [1.807, 2.05) is 0 Å². The zero-order valence-corrected chi connectivity index (χ0v) is 20.5. The number of β-amino-alcohol motifs (C(OH)–C–C–N with tert-alkyl or cyclic N) is 1. The molecule has 37 heavy (non-hydrogen) atoms. The number of alkyl carbamates (subject to hydrolysis) is 1. The fourth-order valence-electron chi connectivity index (χ4n) is 4.24. The Bertz CT molecular complexity index is 1440. The maximum atomic E-state index is 11.7. The summed E-state index contributed by atoms with van der Waals surface area (Å²) in [5.74, 6) is 0.627. The molecule has 3 heterocycles. The molecule has 4 N–H and O–H groups in total. The third-order valence-electron chi connectivity index (χ3n) is 6.10. The molecule has 1 aromatic carbocycles. The van der Waals surface area contributed by atoms with Crippen molar-refractivity contribution in [1.29, 1.82) is 10.5 Å². The summed E-state index contributed by atoms with van der Waals surface area (Å²) < 4.78 is 6.07. The summed E-state index contributed by atoms with van der Waals surface area (Å²) in [6.07, 6.45) is 2.46. The Kier molecular flexibility index (Phi) is 6.56. The highest BCUT2D eigenvalue weighted by molar-refractivity contribution is 6.36. The summed E-state index contributed by atoms with van der Waals surface area (Å²) in [6, 6.07) is 7.26. The molecule has 1 aliphatic carbocycles. The molecular weight excluding hydrogens is 500 g/mol. The predicted molar refractivity (Wildman–Crippen MR) is 134 cm³/mol. The first-order valence-corrected chi connectivity index (χ1v) is 12.0. The largest absolute Gasteiger partial charge is 0.453 e. The standard InChI is InChI=1S/C23H23ClN10O3/c1-37-23(36)29-14-6-16(35)11-33(10-14)18-5-12(7-25)4-17(19(18)24)30-22-31-20(28-13-2-3-13)21-27-9-15(8-26)34(21)32-22/h4-5,9,13-14,16,35H,2-3,6,10-11H2,1H3,(H,29,36)(H2,28,30,31,32)/t14-,16+/m0/s1. The number of fused-ring (bicyclic) bond motifs is 1. The second-order valence-electron chi connectivity index (χ2n) is 8.91. The molecule has 2 aromatic heterocycles. The Morgan fingerprint density at radius 2 is 2.05 bits per heavy atom. The van der Waals surface area contributed by atoms with E-state index in [9.17, 15) is 20.4 Å². The van der Waals surface area contributed by atoms with E-state index >= 15 is 0 Å². The average molecular weight is 523 g/mol. The molecule has 3 aromatic rings. The number of carbonyl (C=O) groups is 1. The molecular formula is C23H23ClN10O3. The van der Waals surface area contributed by atoms with E-state index in [0.29, 0.717) is 41.4 Å². The van der Waals surface area contributed by atoms with Crippen LogP contribution in [0.1, 0.15) is 30.5 Å². The molecule has 1 saturated heterocycles. The number of rotatable bonds is 6. The maximum Gasteiger partial charge on any atom is 0.407 e. The van der Waals surface area contributed by atoms with Gasteiger partial charge in [-0.3, -0.25) is 0 Å². The van der Waals surface area contributed by atoms with Gasteiger partial charge in [0, 0.05) is 19.1 Å². The first-order chi connectivity index (χ1) is 17.9. The second-order valence-corrected chi connectivity index (χ2v) is 9.29. The van der Waals surface area contributed by atoms with Gasteiger partial charge in [0.05, 0.1) is 53.5 Å². The normalized spacial score (nSPS) is 19.1. The first-order valence-electron chi connectivity index (χ1n) is 11.6. The maximum absolute atomic E-state index is 11.7. The number of piperidine rings is 1. The van der Waals surface area contributed by atoms with Crippen molar-refractivity contribution in [2.45, 2.75) is 37.5 Å². The molecule has 0 spiro atoms. The number of halogens is 1. The number of ether oxygens (including phenoxy) is 1. The third-order valence-corrected chi connectivity index (χ3v) is 6.50. The molecule has 1 aliphatic heterocycles. The van der Waals surface area contributed by atoms with Crippen LogP contribution in [-0.2, 0) is 4.74 Å². The van der Waals surface area contributed by atoms with Crippen LogP contribution in [0.5, 0.6) is 0 Å². The first kappa shape index (κ1) is 24.4. The SMILES string of the molecule is COC(=O)N[C@H]1C[C@@H](O)CN(c2cc(C#N)cc(Nc3nc(NC4CC4)c4ncc(C#N)n4n3)c2Cl)C1. The lowest BCUT2D eigenvalue weighted by Crippen LogP contribution is -2.52. The zero-order valence-electron chi connectivity index (χ0n) is 19.8. The van der Waals surface area contributed by atoms with Crippen molar-refractivity contribution < 1.29 is 14.6 Å². The molecule has 13 nitrogen and oxygen atoms in total. The van der Waals surface area contributed by atoms with E-state index in [-0.39, 0.29) is 35.3 Å². The fourth-order valence-corrected chi connectivity index (χ4v) is 4.52. The monoisotopic (exact) mass is 522 g/mol. The van der Waals surface area contributed by atoms with E-state index in [4.69, 9.17) is 11.6 Å². The lowest BCUT2D eigenvalue weighted by molar-refractivity contribution is 0.127. The van der Waals surface area contributed by atoms with Crippen LogP contribution in [0.4, 0.5) is 27.9 Å². The molecule has 5 rings (SSSR count). The number of nitrogens with one attached hydrogen (secondary N) is 3. The summed E-state index contributed by atoms with van der Waals surface area (Å²) in [5.41, 5.74) is 1.85. The number of hydrogen-bond acceptors (Lipinski definition) is 11. The van der Waals surface area contributed by atoms with Crippen LogP contribution >= 0.6 is 11.6 Å². The Balaban J connectivity index is 1.50. The van der Waals surface area contributed by atoms with Crippen molar-refractivity contribution >= 4 is 46.5 Å². The quantitative estimate of drug-likeness (QED) is 0.373. The highest BCUT2D eigenvalue weighted by Gasteiger charge is 2.30. The number of methoxy groups -OCH3 is 1. The van der Waals surface area contributed by atoms with Gasteiger partial charge in [0.2, 0.25) is 5.95 Å². The smallest absolute Gasteiger partial charge is 0.407 e. The van der Waals surface area contributed by atoms with Gasteiger partial charge >= 0.3 is 6.09 Å². The van der Waals surface area contributed by atoms with Crippen molar-refractivity contribution in [3.8, 4) is 12.1 Å². The summed E-state index contributed by atoms with van der Waals surface area (Å²) in [7, 11) is 1.27. The van der Waals surface area contributed by atoms with Crippen molar-refractivity contribution in [2.75, 3.05) is 35.7 Å². The lowest BCUT2D eigenvalue weighted by Gasteiger charge is -2.37. The number of aliphatic hydroxyl groups excluding tert-OH is 1. The van der Waals surface area contributed by atoms with Crippen LogP contribution in [0, 0.1) is 22.7 Å². The van der Waals surface area contributed by atoms with Gasteiger partial charge in [-0.05, 0) is 31.4 Å². The van der Waals surface area contributed by atoms with E-state index < -0.39 is 12.2 Å². The number of amides is 1. The van der Waals surface area contributed by atoms with Crippen molar-refractivity contribution in [3.05, 3.63) is 34.6 Å². The van der Waals surface area contributed by atoms with E-state index in [2.05, 4.69) is 47.9 Å². The topological polar surface area (TPSA) is 177 Å². The number of nitrogens with zero attached hydrogens (tertiary/aromatic N) is 7. The van der Waals surface area contributed by atoms with Crippen LogP contribution in [0.25, 0.3) is 5.65 Å².